The number of rotatable bonds is 3. The van der Waals surface area contributed by atoms with Crippen LogP contribution in [0.15, 0.2) is 41.0 Å². The van der Waals surface area contributed by atoms with E-state index < -0.39 is 0 Å². The summed E-state index contributed by atoms with van der Waals surface area (Å²) in [5.41, 5.74) is 2.02. The van der Waals surface area contributed by atoms with E-state index in [9.17, 15) is 0 Å². The van der Waals surface area contributed by atoms with Crippen LogP contribution in [0, 0.1) is 0 Å². The van der Waals surface area contributed by atoms with Crippen molar-refractivity contribution in [2.45, 2.75) is 26.3 Å². The van der Waals surface area contributed by atoms with E-state index in [1.54, 1.807) is 6.26 Å². The highest BCUT2D eigenvalue weighted by Crippen LogP contribution is 2.25. The lowest BCUT2D eigenvalue weighted by molar-refractivity contribution is 0.489. The molecule has 3 nitrogen and oxygen atoms in total. The number of benzene rings is 1. The van der Waals surface area contributed by atoms with Gasteiger partial charge in [-0.05, 0) is 30.3 Å². The summed E-state index contributed by atoms with van der Waals surface area (Å²) in [4.78, 5) is 4.69. The number of hydrogen-bond acceptors (Lipinski definition) is 2. The van der Waals surface area contributed by atoms with Gasteiger partial charge in [0.05, 0.1) is 23.8 Å². The van der Waals surface area contributed by atoms with Crippen molar-refractivity contribution in [2.75, 3.05) is 0 Å². The topological polar surface area (TPSA) is 31.0 Å². The van der Waals surface area contributed by atoms with Crippen molar-refractivity contribution in [3.63, 3.8) is 0 Å². The molecule has 0 atom stereocenters. The first-order chi connectivity index (χ1) is 9.15. The second-order valence-corrected chi connectivity index (χ2v) is 5.36. The van der Waals surface area contributed by atoms with Crippen molar-refractivity contribution in [1.82, 2.24) is 9.55 Å². The molecular weight excluding hydrogens is 260 g/mol. The minimum absolute atomic E-state index is 0.348. The third-order valence-electron chi connectivity index (χ3n) is 3.15. The van der Waals surface area contributed by atoms with Crippen LogP contribution < -0.4 is 0 Å². The molecular formula is C15H15ClN2O. The van der Waals surface area contributed by atoms with Gasteiger partial charge in [-0.2, -0.15) is 0 Å². The molecule has 19 heavy (non-hydrogen) atoms. The number of aromatic nitrogens is 2. The molecule has 1 aromatic carbocycles. The summed E-state index contributed by atoms with van der Waals surface area (Å²) in [6, 6.07) is 9.70. The smallest absolute Gasteiger partial charge is 0.123 e. The first-order valence-electron chi connectivity index (χ1n) is 6.33. The Bertz CT molecular complexity index is 698. The van der Waals surface area contributed by atoms with E-state index in [0.717, 1.165) is 22.6 Å². The summed E-state index contributed by atoms with van der Waals surface area (Å²) in [5, 5.41) is 0.713. The van der Waals surface area contributed by atoms with Gasteiger partial charge in [0.1, 0.15) is 11.6 Å². The van der Waals surface area contributed by atoms with E-state index in [1.165, 1.54) is 0 Å². The van der Waals surface area contributed by atoms with Crippen molar-refractivity contribution in [3.8, 4) is 0 Å². The maximum absolute atomic E-state index is 6.03. The van der Waals surface area contributed by atoms with Gasteiger partial charge in [-0.15, -0.1) is 0 Å². The Kier molecular flexibility index (Phi) is 3.07. The molecule has 3 aromatic rings. The second-order valence-electron chi connectivity index (χ2n) is 4.92. The van der Waals surface area contributed by atoms with Gasteiger partial charge in [0.2, 0.25) is 0 Å². The molecule has 98 valence electrons. The Morgan fingerprint density at radius 3 is 2.84 bits per heavy atom. The van der Waals surface area contributed by atoms with Gasteiger partial charge in [-0.3, -0.25) is 0 Å². The monoisotopic (exact) mass is 274 g/mol. The zero-order valence-electron chi connectivity index (χ0n) is 10.9. The standard InChI is InChI=1S/C15H15ClN2O/c1-10(2)15-17-13-8-11(16)5-6-14(13)18(15)9-12-4-3-7-19-12/h3-8,10H,9H2,1-2H3. The van der Waals surface area contributed by atoms with E-state index >= 15 is 0 Å². The van der Waals surface area contributed by atoms with E-state index in [-0.39, 0.29) is 0 Å². The van der Waals surface area contributed by atoms with Gasteiger partial charge in [0.15, 0.2) is 0 Å². The fourth-order valence-electron chi connectivity index (χ4n) is 2.29. The normalized spacial score (nSPS) is 11.6. The number of imidazole rings is 1. The van der Waals surface area contributed by atoms with Crippen LogP contribution in [0.3, 0.4) is 0 Å². The van der Waals surface area contributed by atoms with Crippen LogP contribution in [0.5, 0.6) is 0 Å². The Hall–Kier alpha value is -1.74. The molecule has 0 bridgehead atoms. The average molecular weight is 275 g/mol. The first-order valence-corrected chi connectivity index (χ1v) is 6.71. The fraction of sp³-hybridized carbons (Fsp3) is 0.267. The number of halogens is 1. The Labute approximate surface area is 116 Å². The van der Waals surface area contributed by atoms with Crippen LogP contribution in [0.25, 0.3) is 11.0 Å². The predicted molar refractivity (Wildman–Crippen MR) is 76.6 cm³/mol. The van der Waals surface area contributed by atoms with Crippen LogP contribution >= 0.6 is 11.6 Å². The highest BCUT2D eigenvalue weighted by molar-refractivity contribution is 6.31. The molecule has 0 saturated heterocycles. The molecule has 2 heterocycles. The third-order valence-corrected chi connectivity index (χ3v) is 3.39. The summed E-state index contributed by atoms with van der Waals surface area (Å²) < 4.78 is 7.63. The predicted octanol–water partition coefficient (Wildman–Crippen LogP) is 4.45. The molecule has 0 aliphatic rings. The van der Waals surface area contributed by atoms with Crippen molar-refractivity contribution in [3.05, 3.63) is 53.2 Å². The van der Waals surface area contributed by atoms with E-state index in [4.69, 9.17) is 21.0 Å². The lowest BCUT2D eigenvalue weighted by Crippen LogP contribution is -2.06. The summed E-state index contributed by atoms with van der Waals surface area (Å²) in [5.74, 6) is 2.32. The van der Waals surface area contributed by atoms with Crippen LogP contribution in [-0.4, -0.2) is 9.55 Å². The van der Waals surface area contributed by atoms with Gasteiger partial charge in [0.25, 0.3) is 0 Å². The number of hydrogen-bond donors (Lipinski definition) is 0. The first kappa shape index (κ1) is 12.3. The quantitative estimate of drug-likeness (QED) is 0.706. The lowest BCUT2D eigenvalue weighted by Gasteiger charge is -2.09. The largest absolute Gasteiger partial charge is 0.467 e. The Morgan fingerprint density at radius 1 is 1.32 bits per heavy atom. The van der Waals surface area contributed by atoms with Gasteiger partial charge in [-0.1, -0.05) is 25.4 Å². The summed E-state index contributed by atoms with van der Waals surface area (Å²) in [6.45, 7) is 4.97. The van der Waals surface area contributed by atoms with Gasteiger partial charge in [0, 0.05) is 10.9 Å². The lowest BCUT2D eigenvalue weighted by atomic mass is 10.2. The van der Waals surface area contributed by atoms with Gasteiger partial charge < -0.3 is 8.98 Å². The zero-order valence-corrected chi connectivity index (χ0v) is 11.7. The minimum Gasteiger partial charge on any atom is -0.467 e. The highest BCUT2D eigenvalue weighted by Gasteiger charge is 2.14. The molecule has 0 radical (unpaired) electrons. The van der Waals surface area contributed by atoms with Crippen molar-refractivity contribution in [1.29, 1.82) is 0 Å². The van der Waals surface area contributed by atoms with E-state index in [1.807, 2.05) is 30.3 Å². The molecule has 0 fully saturated rings. The zero-order chi connectivity index (χ0) is 13.4. The van der Waals surface area contributed by atoms with Crippen molar-refractivity contribution in [2.24, 2.45) is 0 Å². The molecule has 0 aliphatic heterocycles. The van der Waals surface area contributed by atoms with Crippen molar-refractivity contribution < 1.29 is 4.42 Å². The molecule has 0 aliphatic carbocycles. The molecule has 3 rings (SSSR count). The van der Waals surface area contributed by atoms with Crippen LogP contribution in [0.2, 0.25) is 5.02 Å². The number of fused-ring (bicyclic) bond motifs is 1. The van der Waals surface area contributed by atoms with E-state index in [2.05, 4.69) is 18.4 Å². The molecule has 0 amide bonds. The van der Waals surface area contributed by atoms with Crippen molar-refractivity contribution >= 4 is 22.6 Å². The SMILES string of the molecule is CC(C)c1nc2cc(Cl)ccc2n1Cc1ccco1. The molecule has 0 saturated carbocycles. The Balaban J connectivity index is 2.16. The second kappa shape index (κ2) is 4.74. The third kappa shape index (κ3) is 2.26. The maximum Gasteiger partial charge on any atom is 0.123 e. The van der Waals surface area contributed by atoms with Gasteiger partial charge >= 0.3 is 0 Å². The molecule has 0 N–H and O–H groups in total. The molecule has 4 heteroatoms. The summed E-state index contributed by atoms with van der Waals surface area (Å²) in [6.07, 6.45) is 1.69. The maximum atomic E-state index is 6.03. The van der Waals surface area contributed by atoms with E-state index in [0.29, 0.717) is 17.5 Å². The number of furan rings is 1. The summed E-state index contributed by atoms with van der Waals surface area (Å²) in [7, 11) is 0. The van der Waals surface area contributed by atoms with Crippen LogP contribution in [0.4, 0.5) is 0 Å². The molecule has 0 spiro atoms. The minimum atomic E-state index is 0.348. The fourth-order valence-corrected chi connectivity index (χ4v) is 2.45. The highest BCUT2D eigenvalue weighted by atomic mass is 35.5. The average Bonchev–Trinajstić information content (AvgIpc) is 2.97. The van der Waals surface area contributed by atoms with Gasteiger partial charge in [-0.25, -0.2) is 4.98 Å². The van der Waals surface area contributed by atoms with Crippen LogP contribution in [0.1, 0.15) is 31.4 Å². The summed E-state index contributed by atoms with van der Waals surface area (Å²) >= 11 is 6.03. The Morgan fingerprint density at radius 2 is 2.16 bits per heavy atom. The number of nitrogens with zero attached hydrogens (tertiary/aromatic N) is 2. The molecule has 0 unspecified atom stereocenters. The molecule has 2 aromatic heterocycles. The van der Waals surface area contributed by atoms with Crippen LogP contribution in [-0.2, 0) is 6.54 Å².